The molecule has 1 aliphatic rings. The summed E-state index contributed by atoms with van der Waals surface area (Å²) in [5.74, 6) is 0. The molecule has 1 N–H and O–H groups in total. The number of ether oxygens (including phenoxy) is 1. The van der Waals surface area contributed by atoms with Crippen LogP contribution in [-0.2, 0) is 4.74 Å². The molecule has 1 heterocycles. The molecular weight excluding hydrogens is 260 g/mol. The second kappa shape index (κ2) is 7.39. The Labute approximate surface area is 129 Å². The van der Waals surface area contributed by atoms with Crippen LogP contribution in [-0.4, -0.2) is 42.8 Å². The fourth-order valence-corrected chi connectivity index (χ4v) is 2.93. The van der Waals surface area contributed by atoms with Crippen LogP contribution in [0.15, 0.2) is 30.3 Å². The Balaban J connectivity index is 2.18. The first-order chi connectivity index (χ1) is 10.0. The van der Waals surface area contributed by atoms with Crippen LogP contribution in [0, 0.1) is 0 Å². The third-order valence-electron chi connectivity index (χ3n) is 4.15. The van der Waals surface area contributed by atoms with E-state index in [0.717, 1.165) is 32.7 Å². The van der Waals surface area contributed by atoms with Gasteiger partial charge in [-0.2, -0.15) is 0 Å². The predicted molar refractivity (Wildman–Crippen MR) is 88.5 cm³/mol. The van der Waals surface area contributed by atoms with Gasteiger partial charge in [-0.3, -0.25) is 4.90 Å². The SMILES string of the molecule is CCC1COCCN1C(CNC(C)(C)C)c1ccccc1. The van der Waals surface area contributed by atoms with E-state index in [1.54, 1.807) is 0 Å². The molecular formula is C18H30N2O. The van der Waals surface area contributed by atoms with E-state index in [2.05, 4.69) is 68.2 Å². The lowest BCUT2D eigenvalue weighted by Gasteiger charge is -2.42. The Bertz CT molecular complexity index is 413. The van der Waals surface area contributed by atoms with Gasteiger partial charge in [0, 0.05) is 30.7 Å². The highest BCUT2D eigenvalue weighted by atomic mass is 16.5. The van der Waals surface area contributed by atoms with Crippen LogP contribution in [0.3, 0.4) is 0 Å². The number of hydrogen-bond donors (Lipinski definition) is 1. The Morgan fingerprint density at radius 2 is 2.00 bits per heavy atom. The van der Waals surface area contributed by atoms with Crippen molar-refractivity contribution in [3.63, 3.8) is 0 Å². The van der Waals surface area contributed by atoms with Crippen molar-refractivity contribution >= 4 is 0 Å². The Morgan fingerprint density at radius 1 is 1.29 bits per heavy atom. The summed E-state index contributed by atoms with van der Waals surface area (Å²) in [5, 5.41) is 3.68. The summed E-state index contributed by atoms with van der Waals surface area (Å²) in [6.07, 6.45) is 1.14. The van der Waals surface area contributed by atoms with Crippen molar-refractivity contribution in [1.82, 2.24) is 10.2 Å². The molecule has 0 amide bonds. The average molecular weight is 290 g/mol. The van der Waals surface area contributed by atoms with Crippen LogP contribution in [0.1, 0.15) is 45.7 Å². The Morgan fingerprint density at radius 3 is 2.62 bits per heavy atom. The monoisotopic (exact) mass is 290 g/mol. The van der Waals surface area contributed by atoms with Crippen molar-refractivity contribution in [3.05, 3.63) is 35.9 Å². The highest BCUT2D eigenvalue weighted by Gasteiger charge is 2.29. The molecule has 1 fully saturated rings. The molecule has 0 aliphatic carbocycles. The van der Waals surface area contributed by atoms with E-state index in [9.17, 15) is 0 Å². The normalized spacial score (nSPS) is 22.2. The van der Waals surface area contributed by atoms with E-state index in [-0.39, 0.29) is 5.54 Å². The fourth-order valence-electron chi connectivity index (χ4n) is 2.93. The summed E-state index contributed by atoms with van der Waals surface area (Å²) in [5.41, 5.74) is 1.54. The minimum Gasteiger partial charge on any atom is -0.378 e. The topological polar surface area (TPSA) is 24.5 Å². The number of hydrogen-bond acceptors (Lipinski definition) is 3. The number of morpholine rings is 1. The molecule has 1 aromatic carbocycles. The third-order valence-corrected chi connectivity index (χ3v) is 4.15. The molecule has 3 nitrogen and oxygen atoms in total. The number of nitrogens with one attached hydrogen (secondary N) is 1. The smallest absolute Gasteiger partial charge is 0.0622 e. The molecule has 3 heteroatoms. The molecule has 21 heavy (non-hydrogen) atoms. The zero-order valence-electron chi connectivity index (χ0n) is 13.9. The van der Waals surface area contributed by atoms with E-state index >= 15 is 0 Å². The van der Waals surface area contributed by atoms with Gasteiger partial charge in [0.05, 0.1) is 13.2 Å². The highest BCUT2D eigenvalue weighted by Crippen LogP contribution is 2.26. The van der Waals surface area contributed by atoms with Gasteiger partial charge < -0.3 is 10.1 Å². The van der Waals surface area contributed by atoms with Gasteiger partial charge in [-0.25, -0.2) is 0 Å². The second-order valence-corrected chi connectivity index (χ2v) is 6.93. The zero-order valence-corrected chi connectivity index (χ0v) is 13.9. The summed E-state index contributed by atoms with van der Waals surface area (Å²) >= 11 is 0. The van der Waals surface area contributed by atoms with Gasteiger partial charge in [-0.05, 0) is 32.8 Å². The molecule has 1 saturated heterocycles. The predicted octanol–water partition coefficient (Wildman–Crippen LogP) is 3.23. The number of nitrogens with zero attached hydrogens (tertiary/aromatic N) is 1. The van der Waals surface area contributed by atoms with Crippen molar-refractivity contribution in [2.24, 2.45) is 0 Å². The molecule has 0 spiro atoms. The highest BCUT2D eigenvalue weighted by molar-refractivity contribution is 5.20. The van der Waals surface area contributed by atoms with Crippen molar-refractivity contribution in [2.45, 2.75) is 51.7 Å². The van der Waals surface area contributed by atoms with Gasteiger partial charge >= 0.3 is 0 Å². The van der Waals surface area contributed by atoms with Gasteiger partial charge in [-0.1, -0.05) is 37.3 Å². The minimum absolute atomic E-state index is 0.140. The lowest BCUT2D eigenvalue weighted by atomic mass is 10.00. The molecule has 2 rings (SSSR count). The first-order valence-electron chi connectivity index (χ1n) is 8.14. The standard InChI is InChI=1S/C18H30N2O/c1-5-16-14-21-12-11-20(16)17(13-19-18(2,3)4)15-9-7-6-8-10-15/h6-10,16-17,19H,5,11-14H2,1-4H3. The number of benzene rings is 1. The zero-order chi connectivity index (χ0) is 15.3. The lowest BCUT2D eigenvalue weighted by molar-refractivity contribution is -0.0315. The van der Waals surface area contributed by atoms with Crippen molar-refractivity contribution in [2.75, 3.05) is 26.3 Å². The van der Waals surface area contributed by atoms with E-state index in [1.165, 1.54) is 5.56 Å². The maximum absolute atomic E-state index is 5.67. The van der Waals surface area contributed by atoms with Crippen molar-refractivity contribution < 1.29 is 4.74 Å². The second-order valence-electron chi connectivity index (χ2n) is 6.93. The molecule has 0 aromatic heterocycles. The summed E-state index contributed by atoms with van der Waals surface area (Å²) in [6, 6.07) is 11.8. The summed E-state index contributed by atoms with van der Waals surface area (Å²) in [4.78, 5) is 2.62. The molecule has 1 aromatic rings. The molecule has 0 radical (unpaired) electrons. The average Bonchev–Trinajstić information content (AvgIpc) is 2.48. The molecule has 2 atom stereocenters. The maximum atomic E-state index is 5.67. The van der Waals surface area contributed by atoms with Crippen LogP contribution >= 0.6 is 0 Å². The van der Waals surface area contributed by atoms with Crippen molar-refractivity contribution in [3.8, 4) is 0 Å². The maximum Gasteiger partial charge on any atom is 0.0622 e. The van der Waals surface area contributed by atoms with Crippen LogP contribution in [0.4, 0.5) is 0 Å². The van der Waals surface area contributed by atoms with Gasteiger partial charge in [0.15, 0.2) is 0 Å². The quantitative estimate of drug-likeness (QED) is 0.901. The fraction of sp³-hybridized carbons (Fsp3) is 0.667. The summed E-state index contributed by atoms with van der Waals surface area (Å²) in [7, 11) is 0. The lowest BCUT2D eigenvalue weighted by Crippen LogP contribution is -2.51. The van der Waals surface area contributed by atoms with E-state index < -0.39 is 0 Å². The Kier molecular flexibility index (Phi) is 5.80. The largest absolute Gasteiger partial charge is 0.378 e. The van der Waals surface area contributed by atoms with Crippen LogP contribution < -0.4 is 5.32 Å². The molecule has 0 bridgehead atoms. The summed E-state index contributed by atoms with van der Waals surface area (Å²) in [6.45, 7) is 12.6. The molecule has 2 unspecified atom stereocenters. The van der Waals surface area contributed by atoms with E-state index in [1.807, 2.05) is 0 Å². The molecule has 1 aliphatic heterocycles. The third kappa shape index (κ3) is 4.80. The van der Waals surface area contributed by atoms with Crippen LogP contribution in [0.5, 0.6) is 0 Å². The van der Waals surface area contributed by atoms with Gasteiger partial charge in [0.25, 0.3) is 0 Å². The minimum atomic E-state index is 0.140. The first kappa shape index (κ1) is 16.5. The molecule has 0 saturated carbocycles. The van der Waals surface area contributed by atoms with Gasteiger partial charge in [0.1, 0.15) is 0 Å². The number of rotatable bonds is 5. The van der Waals surface area contributed by atoms with Crippen LogP contribution in [0.25, 0.3) is 0 Å². The van der Waals surface area contributed by atoms with Crippen molar-refractivity contribution in [1.29, 1.82) is 0 Å². The Hall–Kier alpha value is -0.900. The van der Waals surface area contributed by atoms with Crippen LogP contribution in [0.2, 0.25) is 0 Å². The van der Waals surface area contributed by atoms with Gasteiger partial charge in [-0.15, -0.1) is 0 Å². The van der Waals surface area contributed by atoms with Gasteiger partial charge in [0.2, 0.25) is 0 Å². The molecule has 118 valence electrons. The first-order valence-corrected chi connectivity index (χ1v) is 8.14. The van der Waals surface area contributed by atoms with E-state index in [4.69, 9.17) is 4.74 Å². The van der Waals surface area contributed by atoms with E-state index in [0.29, 0.717) is 12.1 Å². The summed E-state index contributed by atoms with van der Waals surface area (Å²) < 4.78 is 5.67.